The number of benzene rings is 1. The summed E-state index contributed by atoms with van der Waals surface area (Å²) in [4.78, 5) is 9.00. The van der Waals surface area contributed by atoms with Crippen molar-refractivity contribution in [2.45, 2.75) is 32.1 Å². The summed E-state index contributed by atoms with van der Waals surface area (Å²) in [6, 6.07) is 10.3. The number of anilines is 1. The van der Waals surface area contributed by atoms with Crippen LogP contribution in [-0.2, 0) is 19.3 Å². The first-order valence-electron chi connectivity index (χ1n) is 8.97. The zero-order valence-corrected chi connectivity index (χ0v) is 14.6. The van der Waals surface area contributed by atoms with Gasteiger partial charge in [0, 0.05) is 35.7 Å². The number of aromatic nitrogens is 2. The Kier molecular flexibility index (Phi) is 4.51. The van der Waals surface area contributed by atoms with Crippen LogP contribution >= 0.6 is 0 Å². The molecule has 1 aliphatic rings. The fraction of sp³-hybridized carbons (Fsp3) is 0.333. The Morgan fingerprint density at radius 3 is 2.76 bits per heavy atom. The average Bonchev–Trinajstić information content (AvgIpc) is 2.68. The van der Waals surface area contributed by atoms with Crippen molar-refractivity contribution in [1.29, 1.82) is 0 Å². The van der Waals surface area contributed by atoms with Crippen LogP contribution in [0, 0.1) is 0 Å². The van der Waals surface area contributed by atoms with Gasteiger partial charge in [0.25, 0.3) is 0 Å². The number of rotatable bonds is 5. The van der Waals surface area contributed by atoms with Crippen LogP contribution in [0.15, 0.2) is 42.7 Å². The molecular formula is C21H23N3O. The second-order valence-corrected chi connectivity index (χ2v) is 6.53. The zero-order valence-electron chi connectivity index (χ0n) is 14.6. The van der Waals surface area contributed by atoms with Crippen LogP contribution in [0.4, 0.5) is 5.69 Å². The van der Waals surface area contributed by atoms with Crippen LogP contribution in [0.1, 0.15) is 29.7 Å². The van der Waals surface area contributed by atoms with Crippen molar-refractivity contribution >= 4 is 16.6 Å². The number of aryl methyl sites for hydroxylation is 1. The Morgan fingerprint density at radius 2 is 1.92 bits per heavy atom. The Labute approximate surface area is 148 Å². The van der Waals surface area contributed by atoms with Crippen LogP contribution in [-0.4, -0.2) is 23.6 Å². The molecule has 1 aliphatic carbocycles. The Hall–Kier alpha value is -2.62. The molecule has 2 aromatic heterocycles. The zero-order chi connectivity index (χ0) is 17.1. The summed E-state index contributed by atoms with van der Waals surface area (Å²) < 4.78 is 5.43. The smallest absolute Gasteiger partial charge is 0.119 e. The summed E-state index contributed by atoms with van der Waals surface area (Å²) in [6.07, 6.45) is 9.34. The number of nitrogens with zero attached hydrogens (tertiary/aromatic N) is 2. The molecule has 0 aliphatic heterocycles. The molecule has 0 fully saturated rings. The van der Waals surface area contributed by atoms with Crippen molar-refractivity contribution in [3.63, 3.8) is 0 Å². The summed E-state index contributed by atoms with van der Waals surface area (Å²) in [7, 11) is 1.71. The van der Waals surface area contributed by atoms with Gasteiger partial charge in [-0.1, -0.05) is 0 Å². The number of hydrogen-bond acceptors (Lipinski definition) is 4. The number of fused-ring (bicyclic) bond motifs is 2. The number of nitrogens with one attached hydrogen (secondary N) is 1. The molecule has 4 nitrogen and oxygen atoms in total. The minimum absolute atomic E-state index is 0.877. The first-order valence-corrected chi connectivity index (χ1v) is 8.97. The van der Waals surface area contributed by atoms with Gasteiger partial charge in [0.15, 0.2) is 0 Å². The molecule has 1 aromatic carbocycles. The van der Waals surface area contributed by atoms with Crippen molar-refractivity contribution in [3.8, 4) is 5.75 Å². The molecule has 0 bridgehead atoms. The van der Waals surface area contributed by atoms with Gasteiger partial charge in [-0.25, -0.2) is 0 Å². The van der Waals surface area contributed by atoms with Gasteiger partial charge in [0.05, 0.1) is 12.6 Å². The lowest BCUT2D eigenvalue weighted by molar-refractivity contribution is 0.415. The third-order valence-electron chi connectivity index (χ3n) is 4.93. The molecule has 3 aromatic rings. The van der Waals surface area contributed by atoms with Crippen molar-refractivity contribution in [3.05, 3.63) is 59.5 Å². The SMILES string of the molecule is COc1ccc2nc3c(c(NCCc4ccncc4)c2c1)CCCC3. The van der Waals surface area contributed by atoms with E-state index in [1.165, 1.54) is 35.3 Å². The molecule has 0 atom stereocenters. The third-order valence-corrected chi connectivity index (χ3v) is 4.93. The van der Waals surface area contributed by atoms with Gasteiger partial charge in [-0.3, -0.25) is 9.97 Å². The highest BCUT2D eigenvalue weighted by atomic mass is 16.5. The normalized spacial score (nSPS) is 13.5. The van der Waals surface area contributed by atoms with E-state index in [-0.39, 0.29) is 0 Å². The molecule has 4 rings (SSSR count). The Balaban J connectivity index is 1.69. The highest BCUT2D eigenvalue weighted by Crippen LogP contribution is 2.35. The lowest BCUT2D eigenvalue weighted by Crippen LogP contribution is -2.13. The quantitative estimate of drug-likeness (QED) is 0.761. The van der Waals surface area contributed by atoms with Gasteiger partial charge < -0.3 is 10.1 Å². The summed E-state index contributed by atoms with van der Waals surface area (Å²) in [5.74, 6) is 0.877. The van der Waals surface area contributed by atoms with Gasteiger partial charge in [-0.2, -0.15) is 0 Å². The van der Waals surface area contributed by atoms with Gasteiger partial charge in [-0.05, 0) is 73.6 Å². The maximum absolute atomic E-state index is 5.43. The van der Waals surface area contributed by atoms with E-state index >= 15 is 0 Å². The van der Waals surface area contributed by atoms with E-state index in [0.717, 1.165) is 42.5 Å². The molecule has 0 radical (unpaired) electrons. The average molecular weight is 333 g/mol. The van der Waals surface area contributed by atoms with E-state index in [0.29, 0.717) is 0 Å². The minimum Gasteiger partial charge on any atom is -0.497 e. The fourth-order valence-corrected chi connectivity index (χ4v) is 3.61. The van der Waals surface area contributed by atoms with Crippen molar-refractivity contribution in [2.75, 3.05) is 19.0 Å². The lowest BCUT2D eigenvalue weighted by atomic mass is 9.92. The second-order valence-electron chi connectivity index (χ2n) is 6.53. The molecule has 0 saturated carbocycles. The van der Waals surface area contributed by atoms with Gasteiger partial charge >= 0.3 is 0 Å². The van der Waals surface area contributed by atoms with E-state index in [4.69, 9.17) is 9.72 Å². The lowest BCUT2D eigenvalue weighted by Gasteiger charge is -2.22. The number of methoxy groups -OCH3 is 1. The number of hydrogen-bond donors (Lipinski definition) is 1. The summed E-state index contributed by atoms with van der Waals surface area (Å²) in [5.41, 5.74) is 6.24. The summed E-state index contributed by atoms with van der Waals surface area (Å²) >= 11 is 0. The molecule has 0 spiro atoms. The van der Waals surface area contributed by atoms with Crippen molar-refractivity contribution in [2.24, 2.45) is 0 Å². The van der Waals surface area contributed by atoms with Crippen molar-refractivity contribution < 1.29 is 4.74 Å². The molecular weight excluding hydrogens is 310 g/mol. The molecule has 0 amide bonds. The van der Waals surface area contributed by atoms with Crippen molar-refractivity contribution in [1.82, 2.24) is 9.97 Å². The topological polar surface area (TPSA) is 47.0 Å². The van der Waals surface area contributed by atoms with E-state index < -0.39 is 0 Å². The second kappa shape index (κ2) is 7.09. The van der Waals surface area contributed by atoms with Gasteiger partial charge in [0.1, 0.15) is 5.75 Å². The van der Waals surface area contributed by atoms with Crippen LogP contribution < -0.4 is 10.1 Å². The van der Waals surface area contributed by atoms with E-state index in [9.17, 15) is 0 Å². The maximum Gasteiger partial charge on any atom is 0.119 e. The third kappa shape index (κ3) is 3.29. The van der Waals surface area contributed by atoms with Crippen LogP contribution in [0.2, 0.25) is 0 Å². The molecule has 25 heavy (non-hydrogen) atoms. The molecule has 4 heteroatoms. The van der Waals surface area contributed by atoms with Crippen LogP contribution in [0.25, 0.3) is 10.9 Å². The predicted octanol–water partition coefficient (Wildman–Crippen LogP) is 4.17. The van der Waals surface area contributed by atoms with E-state index in [1.807, 2.05) is 18.5 Å². The molecule has 0 saturated heterocycles. The first kappa shape index (κ1) is 15.9. The van der Waals surface area contributed by atoms with E-state index in [1.54, 1.807) is 7.11 Å². The standard InChI is InChI=1S/C21H23N3O/c1-25-16-6-7-20-18(14-16)21(17-4-2-3-5-19(17)24-20)23-13-10-15-8-11-22-12-9-15/h6-9,11-12,14H,2-5,10,13H2,1H3,(H,23,24). The van der Waals surface area contributed by atoms with Gasteiger partial charge in [-0.15, -0.1) is 0 Å². The minimum atomic E-state index is 0.877. The van der Waals surface area contributed by atoms with Crippen LogP contribution in [0.3, 0.4) is 0 Å². The number of ether oxygens (including phenoxy) is 1. The molecule has 128 valence electrons. The predicted molar refractivity (Wildman–Crippen MR) is 101 cm³/mol. The maximum atomic E-state index is 5.43. The van der Waals surface area contributed by atoms with Crippen LogP contribution in [0.5, 0.6) is 5.75 Å². The van der Waals surface area contributed by atoms with E-state index in [2.05, 4.69) is 34.6 Å². The molecule has 1 N–H and O–H groups in total. The fourth-order valence-electron chi connectivity index (χ4n) is 3.61. The first-order chi connectivity index (χ1) is 12.3. The highest BCUT2D eigenvalue weighted by Gasteiger charge is 2.18. The monoisotopic (exact) mass is 333 g/mol. The molecule has 0 unspecified atom stereocenters. The number of pyridine rings is 2. The van der Waals surface area contributed by atoms with Gasteiger partial charge in [0.2, 0.25) is 0 Å². The molecule has 2 heterocycles. The largest absolute Gasteiger partial charge is 0.497 e. The summed E-state index contributed by atoms with van der Waals surface area (Å²) in [6.45, 7) is 0.896. The Morgan fingerprint density at radius 1 is 1.08 bits per heavy atom. The Bertz CT molecular complexity index is 877. The highest BCUT2D eigenvalue weighted by molar-refractivity contribution is 5.94. The summed E-state index contributed by atoms with van der Waals surface area (Å²) in [5, 5.41) is 4.86.